The lowest BCUT2D eigenvalue weighted by Crippen LogP contribution is -2.38. The van der Waals surface area contributed by atoms with E-state index in [0.717, 1.165) is 13.1 Å². The molecule has 0 atom stereocenters. The van der Waals surface area contributed by atoms with Crippen LogP contribution in [0.15, 0.2) is 17.3 Å². The maximum atomic E-state index is 5.46. The zero-order valence-corrected chi connectivity index (χ0v) is 12.1. The molecule has 1 aliphatic heterocycles. The number of anilines is 2. The van der Waals surface area contributed by atoms with E-state index < -0.39 is 0 Å². The second-order valence-electron chi connectivity index (χ2n) is 4.76. The average Bonchev–Trinajstić information content (AvgIpc) is 3.02. The molecule has 0 spiro atoms. The molecule has 1 saturated heterocycles. The van der Waals surface area contributed by atoms with E-state index in [0.29, 0.717) is 49.2 Å². The molecule has 0 saturated carbocycles. The Hall–Kier alpha value is -2.66. The molecule has 3 rings (SSSR count). The van der Waals surface area contributed by atoms with Crippen molar-refractivity contribution >= 4 is 22.9 Å². The first-order chi connectivity index (χ1) is 10.8. The molecule has 22 heavy (non-hydrogen) atoms. The van der Waals surface area contributed by atoms with Gasteiger partial charge in [-0.1, -0.05) is 12.0 Å². The topological polar surface area (TPSA) is 80.4 Å². The minimum absolute atomic E-state index is 0.359. The van der Waals surface area contributed by atoms with E-state index in [1.165, 1.54) is 0 Å². The monoisotopic (exact) mass is 300 g/mol. The quantitative estimate of drug-likeness (QED) is 0.582. The summed E-state index contributed by atoms with van der Waals surface area (Å²) in [5.41, 5.74) is 0.739. The molecule has 0 unspecified atom stereocenters. The first kappa shape index (κ1) is 14.3. The normalized spacial score (nSPS) is 14.8. The van der Waals surface area contributed by atoms with Crippen molar-refractivity contribution in [2.24, 2.45) is 0 Å². The molecule has 8 heteroatoms. The van der Waals surface area contributed by atoms with E-state index in [2.05, 4.69) is 37.7 Å². The fourth-order valence-corrected chi connectivity index (χ4v) is 2.31. The number of terminal acetylenes is 1. The van der Waals surface area contributed by atoms with Gasteiger partial charge < -0.3 is 14.5 Å². The van der Waals surface area contributed by atoms with E-state index in [9.17, 15) is 0 Å². The van der Waals surface area contributed by atoms with Crippen LogP contribution in [0.3, 0.4) is 0 Å². The van der Waals surface area contributed by atoms with Crippen LogP contribution < -0.4 is 9.80 Å². The number of ether oxygens (including phenoxy) is 1. The van der Waals surface area contributed by atoms with Crippen LogP contribution in [0.2, 0.25) is 0 Å². The van der Waals surface area contributed by atoms with Gasteiger partial charge in [-0.05, 0) is 10.3 Å². The van der Waals surface area contributed by atoms with Crippen LogP contribution >= 0.6 is 0 Å². The van der Waals surface area contributed by atoms with Gasteiger partial charge in [0.05, 0.1) is 19.8 Å². The number of fused-ring (bicyclic) bond motifs is 1. The summed E-state index contributed by atoms with van der Waals surface area (Å²) < 4.78 is 10.1. The molecule has 0 radical (unpaired) electrons. The van der Waals surface area contributed by atoms with Crippen LogP contribution in [-0.4, -0.2) is 59.7 Å². The third-order valence-corrected chi connectivity index (χ3v) is 3.32. The first-order valence-electron chi connectivity index (χ1n) is 6.95. The minimum Gasteiger partial charge on any atom is -0.378 e. The van der Waals surface area contributed by atoms with Crippen molar-refractivity contribution in [3.05, 3.63) is 12.7 Å². The van der Waals surface area contributed by atoms with E-state index in [4.69, 9.17) is 15.8 Å². The lowest BCUT2D eigenvalue weighted by molar-refractivity contribution is 0.122. The second-order valence-corrected chi connectivity index (χ2v) is 4.76. The summed E-state index contributed by atoms with van der Waals surface area (Å²) in [6.45, 7) is 7.48. The summed E-state index contributed by atoms with van der Waals surface area (Å²) in [4.78, 5) is 13.1. The van der Waals surface area contributed by atoms with Crippen molar-refractivity contribution in [1.29, 1.82) is 0 Å². The third-order valence-electron chi connectivity index (χ3n) is 3.32. The molecule has 0 amide bonds. The third kappa shape index (κ3) is 2.71. The van der Waals surface area contributed by atoms with Gasteiger partial charge in [0.15, 0.2) is 11.6 Å². The second kappa shape index (κ2) is 6.41. The van der Waals surface area contributed by atoms with Gasteiger partial charge in [-0.2, -0.15) is 0 Å². The van der Waals surface area contributed by atoms with E-state index >= 15 is 0 Å². The van der Waals surface area contributed by atoms with E-state index in [1.54, 1.807) is 6.08 Å². The Balaban J connectivity index is 2.07. The van der Waals surface area contributed by atoms with Crippen molar-refractivity contribution in [3.63, 3.8) is 0 Å². The summed E-state index contributed by atoms with van der Waals surface area (Å²) >= 11 is 0. The molecular weight excluding hydrogens is 284 g/mol. The summed E-state index contributed by atoms with van der Waals surface area (Å²) in [6, 6.07) is 0. The molecule has 2 aromatic heterocycles. The average molecular weight is 300 g/mol. The molecule has 0 N–H and O–H groups in total. The smallest absolute Gasteiger partial charge is 0.245 e. The Labute approximate surface area is 127 Å². The van der Waals surface area contributed by atoms with Gasteiger partial charge in [0, 0.05) is 19.6 Å². The Bertz CT molecular complexity index is 701. The molecule has 0 bridgehead atoms. The van der Waals surface area contributed by atoms with E-state index in [-0.39, 0.29) is 0 Å². The van der Waals surface area contributed by atoms with Gasteiger partial charge in [-0.3, -0.25) is 0 Å². The zero-order chi connectivity index (χ0) is 15.4. The standard InChI is InChI=1S/C14H16N6O2/c1-3-5-19(6-4-2)13-14(20-7-9-21-10-8-20)16-12-11(15-13)17-22-18-12/h1,4H,2,5-10H2. The van der Waals surface area contributed by atoms with Crippen molar-refractivity contribution in [2.75, 3.05) is 49.2 Å². The summed E-state index contributed by atoms with van der Waals surface area (Å²) in [7, 11) is 0. The highest BCUT2D eigenvalue weighted by molar-refractivity contribution is 5.75. The maximum absolute atomic E-state index is 5.46. The lowest BCUT2D eigenvalue weighted by Gasteiger charge is -2.31. The molecule has 114 valence electrons. The van der Waals surface area contributed by atoms with Crippen LogP contribution in [0.4, 0.5) is 11.6 Å². The number of rotatable bonds is 5. The fraction of sp³-hybridized carbons (Fsp3) is 0.429. The van der Waals surface area contributed by atoms with Gasteiger partial charge in [0.25, 0.3) is 0 Å². The number of morpholine rings is 1. The van der Waals surface area contributed by atoms with Crippen molar-refractivity contribution < 1.29 is 9.37 Å². The molecule has 2 aromatic rings. The molecule has 0 aliphatic carbocycles. The number of hydrogen-bond donors (Lipinski definition) is 0. The Morgan fingerprint density at radius 2 is 2.00 bits per heavy atom. The maximum Gasteiger partial charge on any atom is 0.245 e. The highest BCUT2D eigenvalue weighted by Gasteiger charge is 2.23. The van der Waals surface area contributed by atoms with Gasteiger partial charge >= 0.3 is 0 Å². The Morgan fingerprint density at radius 3 is 2.68 bits per heavy atom. The van der Waals surface area contributed by atoms with Crippen LogP contribution in [0.1, 0.15) is 0 Å². The van der Waals surface area contributed by atoms with Gasteiger partial charge in [0.2, 0.25) is 11.3 Å². The number of hydrogen-bond acceptors (Lipinski definition) is 8. The van der Waals surface area contributed by atoms with Gasteiger partial charge in [0.1, 0.15) is 0 Å². The predicted molar refractivity (Wildman–Crippen MR) is 81.7 cm³/mol. The Kier molecular flexibility index (Phi) is 4.16. The largest absolute Gasteiger partial charge is 0.378 e. The molecule has 0 aromatic carbocycles. The number of aromatic nitrogens is 4. The van der Waals surface area contributed by atoms with Gasteiger partial charge in [-0.15, -0.1) is 13.0 Å². The van der Waals surface area contributed by atoms with Gasteiger partial charge in [-0.25, -0.2) is 14.6 Å². The summed E-state index contributed by atoms with van der Waals surface area (Å²) in [6.07, 6.45) is 7.24. The molecule has 1 aliphatic rings. The molecule has 3 heterocycles. The van der Waals surface area contributed by atoms with Crippen molar-refractivity contribution in [3.8, 4) is 12.3 Å². The summed E-state index contributed by atoms with van der Waals surface area (Å²) in [5.74, 6) is 4.00. The fourth-order valence-electron chi connectivity index (χ4n) is 2.31. The number of nitrogens with zero attached hydrogens (tertiary/aromatic N) is 6. The zero-order valence-electron chi connectivity index (χ0n) is 12.1. The van der Waals surface area contributed by atoms with Crippen LogP contribution in [0, 0.1) is 12.3 Å². The van der Waals surface area contributed by atoms with E-state index in [1.807, 2.05) is 4.90 Å². The van der Waals surface area contributed by atoms with Crippen molar-refractivity contribution in [1.82, 2.24) is 20.3 Å². The van der Waals surface area contributed by atoms with Crippen LogP contribution in [0.5, 0.6) is 0 Å². The minimum atomic E-state index is 0.359. The Morgan fingerprint density at radius 1 is 1.27 bits per heavy atom. The first-order valence-corrected chi connectivity index (χ1v) is 6.95. The van der Waals surface area contributed by atoms with Crippen LogP contribution in [0.25, 0.3) is 11.3 Å². The van der Waals surface area contributed by atoms with Crippen molar-refractivity contribution in [2.45, 2.75) is 0 Å². The molecular formula is C14H16N6O2. The highest BCUT2D eigenvalue weighted by Crippen LogP contribution is 2.27. The highest BCUT2D eigenvalue weighted by atomic mass is 16.6. The molecule has 1 fully saturated rings. The molecule has 8 nitrogen and oxygen atoms in total. The summed E-state index contributed by atoms with van der Waals surface area (Å²) in [5, 5.41) is 7.53. The predicted octanol–water partition coefficient (Wildman–Crippen LogP) is 0.475. The SMILES string of the molecule is C#CCN(CC=C)c1nc2nonc2nc1N1CCOCC1. The van der Waals surface area contributed by atoms with Crippen LogP contribution in [-0.2, 0) is 4.74 Å². The lowest BCUT2D eigenvalue weighted by atomic mass is 10.3.